The second-order valence-corrected chi connectivity index (χ2v) is 6.79. The quantitative estimate of drug-likeness (QED) is 0.664. The zero-order chi connectivity index (χ0) is 22.8. The van der Waals surface area contributed by atoms with E-state index < -0.39 is 36.1 Å². The Morgan fingerprint density at radius 2 is 1.81 bits per heavy atom. The van der Waals surface area contributed by atoms with Crippen LogP contribution in [-0.4, -0.2) is 81.7 Å². The maximum Gasteiger partial charge on any atom is 0.434 e. The fraction of sp³-hybridized carbons (Fsp3) is 0.529. The smallest absolute Gasteiger partial charge is 0.434 e. The largest absolute Gasteiger partial charge is 0.480 e. The average molecular weight is 452 g/mol. The highest BCUT2D eigenvalue weighted by Gasteiger charge is 2.42. The lowest BCUT2D eigenvalue weighted by Gasteiger charge is -2.23. The molecule has 1 aliphatic rings. The highest BCUT2D eigenvalue weighted by molar-refractivity contribution is 5.95. The Labute approximate surface area is 172 Å². The fourth-order valence-corrected chi connectivity index (χ4v) is 3.24. The van der Waals surface area contributed by atoms with E-state index in [4.69, 9.17) is 4.74 Å². The summed E-state index contributed by atoms with van der Waals surface area (Å²) in [4.78, 5) is 15.1. The van der Waals surface area contributed by atoms with Crippen LogP contribution in [0.5, 0.6) is 5.88 Å². The number of rotatable bonds is 4. The van der Waals surface area contributed by atoms with Crippen molar-refractivity contribution in [3.63, 3.8) is 0 Å². The normalized spacial score (nSPS) is 16.3. The van der Waals surface area contributed by atoms with Gasteiger partial charge in [-0.1, -0.05) is 0 Å². The van der Waals surface area contributed by atoms with Gasteiger partial charge in [0.1, 0.15) is 0 Å². The van der Waals surface area contributed by atoms with Crippen molar-refractivity contribution in [3.05, 3.63) is 29.6 Å². The van der Waals surface area contributed by atoms with E-state index in [0.29, 0.717) is 4.68 Å². The molecule has 1 saturated heterocycles. The summed E-state index contributed by atoms with van der Waals surface area (Å²) in [5.41, 5.74) is -2.05. The number of aromatic nitrogens is 4. The molecule has 0 atom stereocenters. The van der Waals surface area contributed by atoms with Gasteiger partial charge in [-0.2, -0.15) is 31.4 Å². The van der Waals surface area contributed by atoms with Gasteiger partial charge in [-0.3, -0.25) is 9.69 Å². The van der Waals surface area contributed by atoms with Crippen molar-refractivity contribution in [2.45, 2.75) is 18.8 Å². The Morgan fingerprint density at radius 1 is 1.06 bits per heavy atom. The molecule has 31 heavy (non-hydrogen) atoms. The zero-order valence-corrected chi connectivity index (χ0v) is 16.2. The molecule has 0 aromatic carbocycles. The van der Waals surface area contributed by atoms with Crippen LogP contribution in [0.1, 0.15) is 22.5 Å². The van der Waals surface area contributed by atoms with Gasteiger partial charge in [-0.15, -0.1) is 10.2 Å². The average Bonchev–Trinajstić information content (AvgIpc) is 3.02. The molecule has 0 radical (unpaired) electrons. The molecule has 2 aromatic heterocycles. The van der Waals surface area contributed by atoms with Crippen LogP contribution >= 0.6 is 0 Å². The SMILES string of the molecule is COc1ccc(-n2ncc(C(=O)N3CCCN(CC(F)(F)F)CC3)c2C(F)(F)F)nn1. The highest BCUT2D eigenvalue weighted by atomic mass is 19.4. The number of hydrogen-bond acceptors (Lipinski definition) is 6. The highest BCUT2D eigenvalue weighted by Crippen LogP contribution is 2.34. The van der Waals surface area contributed by atoms with Crippen molar-refractivity contribution < 1.29 is 35.9 Å². The summed E-state index contributed by atoms with van der Waals surface area (Å²) in [7, 11) is 1.31. The predicted octanol–water partition coefficient (Wildman–Crippen LogP) is 2.40. The van der Waals surface area contributed by atoms with Gasteiger partial charge in [-0.25, -0.2) is 4.68 Å². The number of nitrogens with zero attached hydrogens (tertiary/aromatic N) is 6. The third-order valence-electron chi connectivity index (χ3n) is 4.60. The molecule has 170 valence electrons. The molecule has 0 bridgehead atoms. The number of hydrogen-bond donors (Lipinski definition) is 0. The lowest BCUT2D eigenvalue weighted by atomic mass is 10.2. The molecular weight excluding hydrogens is 434 g/mol. The predicted molar refractivity (Wildman–Crippen MR) is 93.7 cm³/mol. The van der Waals surface area contributed by atoms with E-state index in [9.17, 15) is 31.1 Å². The first-order chi connectivity index (χ1) is 14.5. The summed E-state index contributed by atoms with van der Waals surface area (Å²) in [5, 5.41) is 10.9. The Hall–Kier alpha value is -2.90. The van der Waals surface area contributed by atoms with Crippen molar-refractivity contribution in [1.82, 2.24) is 29.8 Å². The first-order valence-corrected chi connectivity index (χ1v) is 9.11. The molecule has 1 aliphatic heterocycles. The topological polar surface area (TPSA) is 76.4 Å². The minimum atomic E-state index is -4.95. The van der Waals surface area contributed by atoms with Gasteiger partial charge in [0.25, 0.3) is 5.91 Å². The second kappa shape index (κ2) is 8.69. The number of ether oxygens (including phenoxy) is 1. The molecule has 0 N–H and O–H groups in total. The maximum absolute atomic E-state index is 13.8. The van der Waals surface area contributed by atoms with E-state index >= 15 is 0 Å². The number of halogens is 6. The number of carbonyl (C=O) groups excluding carboxylic acids is 1. The van der Waals surface area contributed by atoms with E-state index in [1.54, 1.807) is 0 Å². The Morgan fingerprint density at radius 3 is 2.39 bits per heavy atom. The maximum atomic E-state index is 13.8. The molecule has 3 heterocycles. The number of methoxy groups -OCH3 is 1. The standard InChI is InChI=1S/C17H18F6N6O2/c1-31-13-4-3-12(25-26-13)29-14(17(21,22)23)11(9-24-29)15(30)28-6-2-5-27(7-8-28)10-16(18,19)20/h3-4,9H,2,5-8,10H2,1H3. The van der Waals surface area contributed by atoms with E-state index in [0.717, 1.165) is 16.0 Å². The summed E-state index contributed by atoms with van der Waals surface area (Å²) < 4.78 is 84.5. The van der Waals surface area contributed by atoms with Gasteiger partial charge in [0.2, 0.25) is 5.88 Å². The van der Waals surface area contributed by atoms with Crippen LogP contribution in [0.15, 0.2) is 18.3 Å². The molecule has 1 fully saturated rings. The van der Waals surface area contributed by atoms with Gasteiger partial charge in [0.05, 0.1) is 25.4 Å². The second-order valence-electron chi connectivity index (χ2n) is 6.79. The lowest BCUT2D eigenvalue weighted by molar-refractivity contribution is -0.145. The fourth-order valence-electron chi connectivity index (χ4n) is 3.24. The molecule has 14 heteroatoms. The Kier molecular flexibility index (Phi) is 6.38. The monoisotopic (exact) mass is 452 g/mol. The first-order valence-electron chi connectivity index (χ1n) is 9.11. The van der Waals surface area contributed by atoms with Crippen molar-refractivity contribution >= 4 is 5.91 Å². The number of amides is 1. The third kappa shape index (κ3) is 5.42. The molecule has 0 saturated carbocycles. The van der Waals surface area contributed by atoms with Crippen molar-refractivity contribution in [1.29, 1.82) is 0 Å². The lowest BCUT2D eigenvalue weighted by Crippen LogP contribution is -2.39. The van der Waals surface area contributed by atoms with Gasteiger partial charge >= 0.3 is 12.4 Å². The number of alkyl halides is 6. The van der Waals surface area contributed by atoms with Crippen molar-refractivity contribution in [2.75, 3.05) is 39.8 Å². The van der Waals surface area contributed by atoms with E-state index in [1.807, 2.05) is 0 Å². The summed E-state index contributed by atoms with van der Waals surface area (Å²) >= 11 is 0. The molecular formula is C17H18F6N6O2. The Balaban J connectivity index is 1.86. The van der Waals surface area contributed by atoms with E-state index in [1.165, 1.54) is 19.2 Å². The van der Waals surface area contributed by atoms with Gasteiger partial charge in [-0.05, 0) is 12.5 Å². The van der Waals surface area contributed by atoms with Crippen LogP contribution in [0.3, 0.4) is 0 Å². The number of carbonyl (C=O) groups is 1. The summed E-state index contributed by atoms with van der Waals surface area (Å²) in [6.07, 6.45) is -8.38. The van der Waals surface area contributed by atoms with E-state index in [2.05, 4.69) is 15.3 Å². The molecule has 1 amide bonds. The van der Waals surface area contributed by atoms with Crippen LogP contribution in [0.25, 0.3) is 5.82 Å². The van der Waals surface area contributed by atoms with Crippen LogP contribution in [0.2, 0.25) is 0 Å². The zero-order valence-electron chi connectivity index (χ0n) is 16.2. The molecule has 0 aliphatic carbocycles. The van der Waals surface area contributed by atoms with Gasteiger partial charge in [0, 0.05) is 32.2 Å². The third-order valence-corrected chi connectivity index (χ3v) is 4.60. The van der Waals surface area contributed by atoms with Gasteiger partial charge < -0.3 is 9.64 Å². The summed E-state index contributed by atoms with van der Waals surface area (Å²) in [6, 6.07) is 2.49. The first kappa shape index (κ1) is 22.8. The van der Waals surface area contributed by atoms with Crippen LogP contribution in [0, 0.1) is 0 Å². The minimum absolute atomic E-state index is 0.0258. The molecule has 0 unspecified atom stereocenters. The Bertz CT molecular complexity index is 911. The summed E-state index contributed by atoms with van der Waals surface area (Å²) in [5.74, 6) is -1.16. The van der Waals surface area contributed by atoms with Crippen LogP contribution in [-0.2, 0) is 6.18 Å². The van der Waals surface area contributed by atoms with Crippen LogP contribution < -0.4 is 4.74 Å². The molecule has 8 nitrogen and oxygen atoms in total. The molecule has 2 aromatic rings. The van der Waals surface area contributed by atoms with Crippen LogP contribution in [0.4, 0.5) is 26.3 Å². The summed E-state index contributed by atoms with van der Waals surface area (Å²) in [6.45, 7) is -1.28. The minimum Gasteiger partial charge on any atom is -0.480 e. The van der Waals surface area contributed by atoms with Crippen molar-refractivity contribution in [2.24, 2.45) is 0 Å². The van der Waals surface area contributed by atoms with Gasteiger partial charge in [0.15, 0.2) is 11.5 Å². The van der Waals surface area contributed by atoms with E-state index in [-0.39, 0.29) is 44.3 Å². The van der Waals surface area contributed by atoms with Crippen molar-refractivity contribution in [3.8, 4) is 11.7 Å². The molecule has 0 spiro atoms. The molecule has 3 rings (SSSR count).